The van der Waals surface area contributed by atoms with Gasteiger partial charge in [-0.15, -0.1) is 0 Å². The third-order valence-electron chi connectivity index (χ3n) is 1.18. The van der Waals surface area contributed by atoms with E-state index in [0.29, 0.717) is 6.61 Å². The van der Waals surface area contributed by atoms with Gasteiger partial charge in [0.1, 0.15) is 6.47 Å². The predicted octanol–water partition coefficient (Wildman–Crippen LogP) is 6.71. The number of hydrogen-bond acceptors (Lipinski definition) is 1. The summed E-state index contributed by atoms with van der Waals surface area (Å²) in [6.07, 6.45) is 0. The Morgan fingerprint density at radius 3 is 1.67 bits per heavy atom. The first kappa shape index (κ1) is 19.5. The highest BCUT2D eigenvalue weighted by Crippen LogP contribution is 2.54. The second kappa shape index (κ2) is 7.49. The lowest BCUT2D eigenvalue weighted by Gasteiger charge is -2.36. The Labute approximate surface area is 164 Å². The molecule has 92 valence electrons. The Kier molecular flexibility index (Phi) is 9.73. The summed E-state index contributed by atoms with van der Waals surface area (Å²) >= 11 is 31.3. The second-order valence-electron chi connectivity index (χ2n) is 2.36. The quantitative estimate of drug-likeness (QED) is 0.171. The highest BCUT2D eigenvalue weighted by atomic mass is 80.0. The smallest absolute Gasteiger partial charge is 0.388 e. The van der Waals surface area contributed by atoms with Gasteiger partial charge >= 0.3 is 4.18 Å². The van der Waals surface area contributed by atoms with E-state index in [1.54, 1.807) is 0 Å². The normalized spacial score (nSPS) is 14.8. The van der Waals surface area contributed by atoms with E-state index < -0.39 is 10.6 Å². The summed E-state index contributed by atoms with van der Waals surface area (Å²) in [5, 5.41) is 0. The summed E-state index contributed by atoms with van der Waals surface area (Å²) in [6.45, 7) is 0.422. The Morgan fingerprint density at radius 2 is 1.40 bits per heavy atom. The van der Waals surface area contributed by atoms with Gasteiger partial charge < -0.3 is 4.43 Å². The van der Waals surface area contributed by atoms with Crippen molar-refractivity contribution in [3.05, 3.63) is 0 Å². The minimum Gasteiger partial charge on any atom is -0.388 e. The summed E-state index contributed by atoms with van der Waals surface area (Å²) in [5.41, 5.74) is 0. The fraction of sp³-hybridized carbons (Fsp3) is 1.00. The molecule has 0 bridgehead atoms. The molecule has 0 saturated carbocycles. The zero-order valence-corrected chi connectivity index (χ0v) is 21.9. The van der Waals surface area contributed by atoms with Crippen molar-refractivity contribution in [2.45, 2.75) is 10.2 Å². The van der Waals surface area contributed by atoms with Crippen LogP contribution in [0, 0.1) is 0 Å². The van der Waals surface area contributed by atoms with Crippen molar-refractivity contribution in [3.63, 3.8) is 0 Å². The summed E-state index contributed by atoms with van der Waals surface area (Å²) in [5.74, 6) is 0. The van der Waals surface area contributed by atoms with Crippen LogP contribution < -0.4 is 0 Å². The van der Waals surface area contributed by atoms with Gasteiger partial charge in [-0.1, -0.05) is 141 Å². The molecule has 0 atom stereocenters. The number of rotatable bonds is 5. The molecule has 0 fully saturated rings. The van der Waals surface area contributed by atoms with E-state index in [2.05, 4.69) is 141 Å². The number of alkyl halides is 6. The van der Waals surface area contributed by atoms with Crippen LogP contribution in [0.1, 0.15) is 0 Å². The third kappa shape index (κ3) is 7.17. The van der Waals surface area contributed by atoms with Gasteiger partial charge in [0, 0.05) is 0 Å². The van der Waals surface area contributed by atoms with Gasteiger partial charge in [0.2, 0.25) is 0 Å². The van der Waals surface area contributed by atoms with Gasteiger partial charge in [-0.25, -0.2) is 0 Å². The van der Waals surface area contributed by atoms with Gasteiger partial charge in [0.05, 0.1) is 10.3 Å². The van der Waals surface area contributed by atoms with Crippen LogP contribution in [0.2, 0.25) is 0 Å². The van der Waals surface area contributed by atoms with Crippen LogP contribution in [0.4, 0.5) is 0 Å². The molecule has 0 aromatic rings. The first-order valence-electron chi connectivity index (χ1n) is 3.14. The molecule has 0 aliphatic heterocycles. The number of hydrogen-bond donors (Lipinski definition) is 0. The van der Waals surface area contributed by atoms with Crippen LogP contribution in [-0.2, 0) is 4.43 Å². The molecular formula is C4H3Br9OSi. The molecule has 0 unspecified atom stereocenters. The summed E-state index contributed by atoms with van der Waals surface area (Å²) in [6, 6.07) is 0. The largest absolute Gasteiger partial charge is 0.409 e. The maximum Gasteiger partial charge on any atom is 0.409 e. The van der Waals surface area contributed by atoms with Crippen molar-refractivity contribution >= 4 is 146 Å². The molecule has 0 heterocycles. The Morgan fingerprint density at radius 1 is 1.00 bits per heavy atom. The van der Waals surface area contributed by atoms with Crippen molar-refractivity contribution in [1.82, 2.24) is 0 Å². The fourth-order valence-electron chi connectivity index (χ4n) is 0.428. The number of halogens is 9. The van der Waals surface area contributed by atoms with Crippen LogP contribution in [-0.4, -0.2) is 21.0 Å². The van der Waals surface area contributed by atoms with Gasteiger partial charge in [-0.3, -0.25) is 0 Å². The lowest BCUT2D eigenvalue weighted by Crippen LogP contribution is -2.44. The van der Waals surface area contributed by atoms with Crippen LogP contribution in [0.3, 0.4) is 0 Å². The molecule has 0 N–H and O–H groups in total. The monoisotopic (exact) mass is 805 g/mol. The Balaban J connectivity index is 4.55. The minimum atomic E-state index is -2.08. The van der Waals surface area contributed by atoms with E-state index >= 15 is 0 Å². The first-order chi connectivity index (χ1) is 6.40. The van der Waals surface area contributed by atoms with Gasteiger partial charge in [-0.2, -0.15) is 0 Å². The van der Waals surface area contributed by atoms with Crippen LogP contribution in [0.5, 0.6) is 0 Å². The molecule has 15 heavy (non-hydrogen) atoms. The summed E-state index contributed by atoms with van der Waals surface area (Å²) in [4.78, 5) is 0. The van der Waals surface area contributed by atoms with Gasteiger partial charge in [0.25, 0.3) is 0 Å². The molecule has 0 spiro atoms. The van der Waals surface area contributed by atoms with Gasteiger partial charge in [0.15, 0.2) is 0 Å². The average molecular weight is 814 g/mol. The van der Waals surface area contributed by atoms with Crippen molar-refractivity contribution < 1.29 is 4.43 Å². The molecule has 0 saturated heterocycles. The van der Waals surface area contributed by atoms with E-state index in [0.717, 1.165) is 0 Å². The minimum absolute atomic E-state index is 0.00288. The van der Waals surface area contributed by atoms with Crippen molar-refractivity contribution in [2.24, 2.45) is 0 Å². The Hall–Kier alpha value is 4.50. The highest BCUT2D eigenvalue weighted by Gasteiger charge is 2.50. The molecule has 0 radical (unpaired) electrons. The van der Waals surface area contributed by atoms with E-state index in [-0.39, 0.29) is 3.74 Å². The molecule has 0 aromatic carbocycles. The van der Waals surface area contributed by atoms with Crippen molar-refractivity contribution in [1.29, 1.82) is 0 Å². The van der Waals surface area contributed by atoms with E-state index in [1.165, 1.54) is 0 Å². The van der Waals surface area contributed by atoms with Gasteiger partial charge in [-0.05, 0) is 0 Å². The first-order valence-corrected chi connectivity index (χ1v) is 16.8. The lowest BCUT2D eigenvalue weighted by atomic mass is 10.3. The maximum absolute atomic E-state index is 5.62. The zero-order valence-electron chi connectivity index (χ0n) is 6.59. The zero-order chi connectivity index (χ0) is 12.5. The molecule has 0 aromatic heterocycles. The van der Waals surface area contributed by atoms with E-state index in [4.69, 9.17) is 4.43 Å². The van der Waals surface area contributed by atoms with E-state index in [9.17, 15) is 0 Å². The van der Waals surface area contributed by atoms with Crippen LogP contribution >= 0.6 is 141 Å². The topological polar surface area (TPSA) is 9.23 Å². The lowest BCUT2D eigenvalue weighted by molar-refractivity contribution is 0.330. The molecule has 0 aliphatic rings. The predicted molar refractivity (Wildman–Crippen MR) is 101 cm³/mol. The standard InChI is InChI=1S/C4H3Br9OSi/c5-2(6)4(9,10)3(7,8)1-14-15(11,12)13/h2H,1H2. The molecule has 1 nitrogen and oxygen atoms in total. The second-order valence-corrected chi connectivity index (χ2v) is 33.6. The van der Waals surface area contributed by atoms with Crippen LogP contribution in [0.15, 0.2) is 0 Å². The summed E-state index contributed by atoms with van der Waals surface area (Å²) in [7, 11) is 0. The maximum atomic E-state index is 5.62. The van der Waals surface area contributed by atoms with Crippen molar-refractivity contribution in [2.75, 3.05) is 6.61 Å². The molecular weight excluding hydrogens is 811 g/mol. The molecule has 0 amide bonds. The van der Waals surface area contributed by atoms with E-state index in [1.807, 2.05) is 0 Å². The molecule has 0 aliphatic carbocycles. The van der Waals surface area contributed by atoms with Crippen molar-refractivity contribution in [3.8, 4) is 0 Å². The summed E-state index contributed by atoms with van der Waals surface area (Å²) < 4.78 is 2.60. The third-order valence-corrected chi connectivity index (χ3v) is 13.6. The average Bonchev–Trinajstić information content (AvgIpc) is 1.99. The molecule has 11 heteroatoms. The highest BCUT2D eigenvalue weighted by molar-refractivity contribution is 9.71. The fourth-order valence-corrected chi connectivity index (χ4v) is 5.19. The molecule has 0 rings (SSSR count). The SMILES string of the molecule is BrC(Br)C(Br)(Br)C(Br)(Br)CO[Si](Br)(Br)Br. The van der Waals surface area contributed by atoms with Crippen LogP contribution in [0.25, 0.3) is 0 Å². The Bertz CT molecular complexity index is 211.